The van der Waals surface area contributed by atoms with E-state index in [1.807, 2.05) is 0 Å². The van der Waals surface area contributed by atoms with E-state index < -0.39 is 24.4 Å². The normalized spacial score (nSPS) is 11.9. The standard InChI is InChI=1S/C22H20FN5O5/c1-31-18-6-15-17(7-19(18)32-2)25-11-26-22(15)33-14-8-27-28(9-14)20(21(24)30)12-3-4-16(23)13(5-12)10-29/h3-9,11,20,29H,10H2,1-2H3,(H2,24,30). The number of amides is 1. The molecule has 2 aromatic carbocycles. The molecule has 2 aromatic heterocycles. The number of nitrogens with two attached hydrogens (primary N) is 1. The highest BCUT2D eigenvalue weighted by Gasteiger charge is 2.23. The highest BCUT2D eigenvalue weighted by Crippen LogP contribution is 2.36. The summed E-state index contributed by atoms with van der Waals surface area (Å²) in [7, 11) is 3.04. The summed E-state index contributed by atoms with van der Waals surface area (Å²) >= 11 is 0. The number of carbonyl (C=O) groups is 1. The number of aromatic nitrogens is 4. The van der Waals surface area contributed by atoms with Gasteiger partial charge in [0.05, 0.1) is 44.1 Å². The van der Waals surface area contributed by atoms with Crippen molar-refractivity contribution in [1.29, 1.82) is 0 Å². The van der Waals surface area contributed by atoms with Crippen LogP contribution in [0.4, 0.5) is 4.39 Å². The molecule has 3 N–H and O–H groups in total. The first-order valence-corrected chi connectivity index (χ1v) is 9.72. The number of fused-ring (bicyclic) bond motifs is 1. The van der Waals surface area contributed by atoms with Crippen LogP contribution in [0.1, 0.15) is 17.2 Å². The molecule has 0 bridgehead atoms. The zero-order valence-electron chi connectivity index (χ0n) is 17.7. The van der Waals surface area contributed by atoms with Crippen molar-refractivity contribution in [3.63, 3.8) is 0 Å². The van der Waals surface area contributed by atoms with Crippen molar-refractivity contribution in [3.05, 3.63) is 66.0 Å². The van der Waals surface area contributed by atoms with Crippen molar-refractivity contribution < 1.29 is 28.5 Å². The number of halogens is 1. The predicted octanol–water partition coefficient (Wildman–Crippen LogP) is 2.34. The Hall–Kier alpha value is -4.25. The van der Waals surface area contributed by atoms with E-state index in [0.717, 1.165) is 6.07 Å². The second-order valence-corrected chi connectivity index (χ2v) is 6.98. The molecular formula is C22H20FN5O5. The molecule has 1 amide bonds. The number of hydrogen-bond acceptors (Lipinski definition) is 8. The van der Waals surface area contributed by atoms with E-state index in [1.54, 1.807) is 12.1 Å². The summed E-state index contributed by atoms with van der Waals surface area (Å²) < 4.78 is 31.6. The monoisotopic (exact) mass is 453 g/mol. The van der Waals surface area contributed by atoms with Crippen LogP contribution in [0.3, 0.4) is 0 Å². The molecule has 11 heteroatoms. The Morgan fingerprint density at radius 1 is 1.18 bits per heavy atom. The largest absolute Gasteiger partial charge is 0.493 e. The van der Waals surface area contributed by atoms with Gasteiger partial charge in [-0.2, -0.15) is 5.10 Å². The average Bonchev–Trinajstić information content (AvgIpc) is 3.27. The first-order valence-electron chi connectivity index (χ1n) is 9.72. The number of aliphatic hydroxyl groups excluding tert-OH is 1. The van der Waals surface area contributed by atoms with Crippen LogP contribution in [0.15, 0.2) is 49.1 Å². The number of benzene rings is 2. The fourth-order valence-corrected chi connectivity index (χ4v) is 3.40. The number of ether oxygens (including phenoxy) is 3. The second-order valence-electron chi connectivity index (χ2n) is 6.98. The van der Waals surface area contributed by atoms with Gasteiger partial charge >= 0.3 is 0 Å². The van der Waals surface area contributed by atoms with Crippen molar-refractivity contribution in [3.8, 4) is 23.1 Å². The highest BCUT2D eigenvalue weighted by atomic mass is 19.1. The van der Waals surface area contributed by atoms with Crippen molar-refractivity contribution >= 4 is 16.8 Å². The highest BCUT2D eigenvalue weighted by molar-refractivity contribution is 5.87. The quantitative estimate of drug-likeness (QED) is 0.415. The minimum atomic E-state index is -1.04. The Morgan fingerprint density at radius 2 is 1.94 bits per heavy atom. The Kier molecular flexibility index (Phi) is 6.05. The van der Waals surface area contributed by atoms with E-state index >= 15 is 0 Å². The van der Waals surface area contributed by atoms with Crippen LogP contribution < -0.4 is 19.9 Å². The van der Waals surface area contributed by atoms with Crippen LogP contribution in [-0.2, 0) is 11.4 Å². The molecule has 170 valence electrons. The molecule has 1 atom stereocenters. The van der Waals surface area contributed by atoms with Gasteiger partial charge in [0.2, 0.25) is 11.8 Å². The lowest BCUT2D eigenvalue weighted by Crippen LogP contribution is -2.28. The van der Waals surface area contributed by atoms with E-state index in [1.165, 1.54) is 49.8 Å². The van der Waals surface area contributed by atoms with E-state index in [4.69, 9.17) is 19.9 Å². The maximum Gasteiger partial charge on any atom is 0.246 e. The molecule has 4 rings (SSSR count). The molecule has 0 radical (unpaired) electrons. The first-order chi connectivity index (χ1) is 15.9. The fraction of sp³-hybridized carbons (Fsp3) is 0.182. The number of methoxy groups -OCH3 is 2. The molecule has 1 unspecified atom stereocenters. The van der Waals surface area contributed by atoms with Gasteiger partial charge in [0.1, 0.15) is 12.1 Å². The fourth-order valence-electron chi connectivity index (χ4n) is 3.40. The Bertz CT molecular complexity index is 1330. The molecule has 0 saturated heterocycles. The summed E-state index contributed by atoms with van der Waals surface area (Å²) in [6, 6.07) is 6.28. The molecule has 0 aliphatic carbocycles. The summed E-state index contributed by atoms with van der Waals surface area (Å²) in [5.41, 5.74) is 6.56. The van der Waals surface area contributed by atoms with Gasteiger partial charge in [-0.15, -0.1) is 0 Å². The van der Waals surface area contributed by atoms with Gasteiger partial charge in [-0.3, -0.25) is 9.48 Å². The molecular weight excluding hydrogens is 433 g/mol. The van der Waals surface area contributed by atoms with Crippen molar-refractivity contribution in [1.82, 2.24) is 19.7 Å². The van der Waals surface area contributed by atoms with Crippen LogP contribution in [0.5, 0.6) is 23.1 Å². The predicted molar refractivity (Wildman–Crippen MR) is 115 cm³/mol. The Labute approximate surface area is 187 Å². The lowest BCUT2D eigenvalue weighted by atomic mass is 10.0. The van der Waals surface area contributed by atoms with Crippen LogP contribution in [-0.4, -0.2) is 45.0 Å². The third-order valence-electron chi connectivity index (χ3n) is 4.99. The Morgan fingerprint density at radius 3 is 2.64 bits per heavy atom. The van der Waals surface area contributed by atoms with Crippen LogP contribution in [0.2, 0.25) is 0 Å². The first kappa shape index (κ1) is 22.0. The van der Waals surface area contributed by atoms with E-state index in [-0.39, 0.29) is 17.2 Å². The zero-order chi connectivity index (χ0) is 23.5. The summed E-state index contributed by atoms with van der Waals surface area (Å²) in [6.45, 7) is -0.520. The zero-order valence-corrected chi connectivity index (χ0v) is 17.7. The van der Waals surface area contributed by atoms with Gasteiger partial charge in [-0.25, -0.2) is 14.4 Å². The van der Waals surface area contributed by atoms with Crippen LogP contribution >= 0.6 is 0 Å². The molecule has 2 heterocycles. The molecule has 33 heavy (non-hydrogen) atoms. The summed E-state index contributed by atoms with van der Waals surface area (Å²) in [5.74, 6) is 0.195. The molecule has 0 spiro atoms. The molecule has 0 aliphatic heterocycles. The summed E-state index contributed by atoms with van der Waals surface area (Å²) in [4.78, 5) is 20.6. The van der Waals surface area contributed by atoms with Gasteiger partial charge in [0, 0.05) is 11.6 Å². The molecule has 10 nitrogen and oxygen atoms in total. The van der Waals surface area contributed by atoms with Crippen LogP contribution in [0.25, 0.3) is 10.9 Å². The molecule has 0 aliphatic rings. The SMILES string of the molecule is COc1cc2ncnc(Oc3cnn(C(C(N)=O)c4ccc(F)c(CO)c4)c3)c2cc1OC. The number of carbonyl (C=O) groups excluding carboxylic acids is 1. The van der Waals surface area contributed by atoms with Gasteiger partial charge in [-0.05, 0) is 23.8 Å². The lowest BCUT2D eigenvalue weighted by Gasteiger charge is -2.15. The van der Waals surface area contributed by atoms with Gasteiger partial charge in [0.15, 0.2) is 23.3 Å². The van der Waals surface area contributed by atoms with E-state index in [0.29, 0.717) is 28.0 Å². The average molecular weight is 453 g/mol. The maximum absolute atomic E-state index is 13.8. The number of aliphatic hydroxyl groups is 1. The minimum absolute atomic E-state index is 0.0409. The number of primary amides is 1. The second kappa shape index (κ2) is 9.09. The molecule has 0 fully saturated rings. The Balaban J connectivity index is 1.68. The van der Waals surface area contributed by atoms with E-state index in [9.17, 15) is 14.3 Å². The van der Waals surface area contributed by atoms with Crippen LogP contribution in [0, 0.1) is 5.82 Å². The molecule has 4 aromatic rings. The van der Waals surface area contributed by atoms with Crippen molar-refractivity contribution in [2.75, 3.05) is 14.2 Å². The maximum atomic E-state index is 13.8. The van der Waals surface area contributed by atoms with E-state index in [2.05, 4.69) is 15.1 Å². The van der Waals surface area contributed by atoms with Crippen molar-refractivity contribution in [2.45, 2.75) is 12.6 Å². The minimum Gasteiger partial charge on any atom is -0.493 e. The number of rotatable bonds is 8. The topological polar surface area (TPSA) is 135 Å². The molecule has 0 saturated carbocycles. The number of hydrogen-bond donors (Lipinski definition) is 2. The number of nitrogens with zero attached hydrogens (tertiary/aromatic N) is 4. The third kappa shape index (κ3) is 4.26. The smallest absolute Gasteiger partial charge is 0.246 e. The van der Waals surface area contributed by atoms with Gasteiger partial charge < -0.3 is 25.1 Å². The van der Waals surface area contributed by atoms with Crippen molar-refractivity contribution in [2.24, 2.45) is 5.73 Å². The van der Waals surface area contributed by atoms with Gasteiger partial charge in [0.25, 0.3) is 0 Å². The summed E-state index contributed by atoms with van der Waals surface area (Å²) in [6.07, 6.45) is 4.20. The summed E-state index contributed by atoms with van der Waals surface area (Å²) in [5, 5.41) is 14.1. The van der Waals surface area contributed by atoms with Gasteiger partial charge in [-0.1, -0.05) is 6.07 Å². The lowest BCUT2D eigenvalue weighted by molar-refractivity contribution is -0.120. The third-order valence-corrected chi connectivity index (χ3v) is 4.99.